The molecule has 0 spiro atoms. The minimum atomic E-state index is -0.402. The summed E-state index contributed by atoms with van der Waals surface area (Å²) < 4.78 is 11.8. The van der Waals surface area contributed by atoms with Gasteiger partial charge in [0.05, 0.1) is 45.6 Å². The number of fused-ring (bicyclic) bond motifs is 1. The zero-order chi connectivity index (χ0) is 28.0. The van der Waals surface area contributed by atoms with Gasteiger partial charge in [0.1, 0.15) is 29.4 Å². The fourth-order valence-electron chi connectivity index (χ4n) is 5.65. The fourth-order valence-corrected chi connectivity index (χ4v) is 6.30. The lowest BCUT2D eigenvalue weighted by atomic mass is 9.89. The highest BCUT2D eigenvalue weighted by Crippen LogP contribution is 2.38. The van der Waals surface area contributed by atoms with Gasteiger partial charge < -0.3 is 14.4 Å². The van der Waals surface area contributed by atoms with E-state index >= 15 is 0 Å². The van der Waals surface area contributed by atoms with Gasteiger partial charge in [-0.3, -0.25) is 15.0 Å². The number of hydrogen-bond donors (Lipinski definition) is 1. The predicted molar refractivity (Wildman–Crippen MR) is 155 cm³/mol. The van der Waals surface area contributed by atoms with Gasteiger partial charge in [-0.1, -0.05) is 23.2 Å². The van der Waals surface area contributed by atoms with Crippen LogP contribution in [-0.2, 0) is 4.74 Å². The van der Waals surface area contributed by atoms with Gasteiger partial charge in [0, 0.05) is 55.1 Å². The molecule has 6 rings (SSSR count). The Labute approximate surface area is 242 Å². The van der Waals surface area contributed by atoms with Crippen LogP contribution in [0, 0.1) is 18.3 Å². The summed E-state index contributed by atoms with van der Waals surface area (Å²) in [6, 6.07) is 9.90. The van der Waals surface area contributed by atoms with E-state index < -0.39 is 6.10 Å². The number of benzene rings is 1. The molecular formula is C29H29Cl2N7O2. The van der Waals surface area contributed by atoms with Crippen LogP contribution in [0.4, 0.5) is 5.82 Å². The highest BCUT2D eigenvalue weighted by molar-refractivity contribution is 6.36. The second-order valence-corrected chi connectivity index (χ2v) is 11.4. The van der Waals surface area contributed by atoms with Crippen molar-refractivity contribution in [3.8, 4) is 23.1 Å². The molecule has 11 heteroatoms. The molecular weight excluding hydrogens is 549 g/mol. The second kappa shape index (κ2) is 10.5. The van der Waals surface area contributed by atoms with Crippen molar-refractivity contribution in [1.29, 1.82) is 5.26 Å². The van der Waals surface area contributed by atoms with E-state index in [9.17, 15) is 5.26 Å². The quantitative estimate of drug-likeness (QED) is 0.318. The van der Waals surface area contributed by atoms with Gasteiger partial charge in [-0.15, -0.1) is 0 Å². The molecule has 0 radical (unpaired) electrons. The molecule has 40 heavy (non-hydrogen) atoms. The molecule has 2 aliphatic heterocycles. The molecule has 1 atom stereocenters. The zero-order valence-electron chi connectivity index (χ0n) is 22.5. The highest BCUT2D eigenvalue weighted by atomic mass is 35.5. The number of anilines is 1. The van der Waals surface area contributed by atoms with Gasteiger partial charge >= 0.3 is 0 Å². The van der Waals surface area contributed by atoms with Crippen LogP contribution in [0.5, 0.6) is 5.75 Å². The number of ether oxygens (including phenoxy) is 2. The Kier molecular flexibility index (Phi) is 7.05. The van der Waals surface area contributed by atoms with Crippen LogP contribution in [0.1, 0.15) is 36.8 Å². The molecule has 2 fully saturated rings. The SMILES string of the molecule is Cc1ncc(Cl)c([C@@H](C)Oc2ccc3[nH]nc(-c4cnc(N5CC(C)(N6CCOCC6)C5)c(C#N)c4)c3c2)c1Cl. The van der Waals surface area contributed by atoms with Gasteiger partial charge in [-0.2, -0.15) is 10.4 Å². The third kappa shape index (κ3) is 4.75. The number of pyridine rings is 2. The molecule has 0 bridgehead atoms. The van der Waals surface area contributed by atoms with Crippen LogP contribution >= 0.6 is 23.2 Å². The minimum Gasteiger partial charge on any atom is -0.486 e. The number of aromatic amines is 1. The minimum absolute atomic E-state index is 0.0617. The largest absolute Gasteiger partial charge is 0.486 e. The van der Waals surface area contributed by atoms with Gasteiger partial charge in [0.25, 0.3) is 0 Å². The first-order chi connectivity index (χ1) is 19.3. The second-order valence-electron chi connectivity index (χ2n) is 10.6. The molecule has 4 aromatic rings. The van der Waals surface area contributed by atoms with Crippen molar-refractivity contribution in [2.45, 2.75) is 32.4 Å². The first kappa shape index (κ1) is 26.8. The average molecular weight is 579 g/mol. The number of halogens is 2. The highest BCUT2D eigenvalue weighted by Gasteiger charge is 2.45. The summed E-state index contributed by atoms with van der Waals surface area (Å²) in [6.45, 7) is 11.0. The van der Waals surface area contributed by atoms with Crippen molar-refractivity contribution in [1.82, 2.24) is 25.1 Å². The summed E-state index contributed by atoms with van der Waals surface area (Å²) in [5.74, 6) is 1.34. The first-order valence-corrected chi connectivity index (χ1v) is 14.0. The van der Waals surface area contributed by atoms with E-state index in [4.69, 9.17) is 37.7 Å². The van der Waals surface area contributed by atoms with Crippen molar-refractivity contribution in [3.63, 3.8) is 0 Å². The predicted octanol–water partition coefficient (Wildman–Crippen LogP) is 5.56. The Morgan fingerprint density at radius 1 is 1.15 bits per heavy atom. The van der Waals surface area contributed by atoms with E-state index in [1.807, 2.05) is 38.1 Å². The average Bonchev–Trinajstić information content (AvgIpc) is 3.37. The summed E-state index contributed by atoms with van der Waals surface area (Å²) in [6.07, 6.45) is 2.97. The number of hydrogen-bond acceptors (Lipinski definition) is 8. The van der Waals surface area contributed by atoms with Crippen LogP contribution in [0.3, 0.4) is 0 Å². The lowest BCUT2D eigenvalue weighted by molar-refractivity contribution is -0.0266. The molecule has 0 aliphatic carbocycles. The maximum Gasteiger partial charge on any atom is 0.146 e. The number of morpholine rings is 1. The summed E-state index contributed by atoms with van der Waals surface area (Å²) in [7, 11) is 0. The summed E-state index contributed by atoms with van der Waals surface area (Å²) in [4.78, 5) is 13.6. The molecule has 3 aromatic heterocycles. The summed E-state index contributed by atoms with van der Waals surface area (Å²) >= 11 is 12.9. The Balaban J connectivity index is 1.25. The van der Waals surface area contributed by atoms with E-state index in [-0.39, 0.29) is 5.54 Å². The van der Waals surface area contributed by atoms with Crippen LogP contribution < -0.4 is 9.64 Å². The smallest absolute Gasteiger partial charge is 0.146 e. The van der Waals surface area contributed by atoms with Gasteiger partial charge in [0.2, 0.25) is 0 Å². The number of nitrogens with one attached hydrogen (secondary N) is 1. The standard InChI is InChI=1S/C29H29Cl2N7O2/c1-17-26(31)25(23(30)14-33-17)18(2)40-21-4-5-24-22(11-21)27(36-35-24)20-10-19(12-32)28(34-13-20)37-15-29(3,16-37)38-6-8-39-9-7-38/h4-5,10-11,13-14,18H,6-9,15-16H2,1-3H3,(H,35,36)/t18-/m1/s1. The Bertz CT molecular complexity index is 1620. The van der Waals surface area contributed by atoms with Crippen LogP contribution in [0.15, 0.2) is 36.7 Å². The van der Waals surface area contributed by atoms with Gasteiger partial charge in [0.15, 0.2) is 0 Å². The Hall–Kier alpha value is -3.42. The molecule has 2 aliphatic rings. The number of aryl methyl sites for hydroxylation is 1. The third-order valence-corrected chi connectivity index (χ3v) is 8.61. The fraction of sp³-hybridized carbons (Fsp3) is 0.379. The number of nitrogens with zero attached hydrogens (tertiary/aromatic N) is 6. The molecule has 2 saturated heterocycles. The van der Waals surface area contributed by atoms with Crippen molar-refractivity contribution in [3.05, 3.63) is 63.5 Å². The van der Waals surface area contributed by atoms with E-state index in [1.165, 1.54) is 0 Å². The molecule has 1 aromatic carbocycles. The molecule has 206 valence electrons. The molecule has 5 heterocycles. The maximum atomic E-state index is 10.00. The summed E-state index contributed by atoms with van der Waals surface area (Å²) in [5.41, 5.74) is 4.26. The monoisotopic (exact) mass is 577 g/mol. The third-order valence-electron chi connectivity index (χ3n) is 7.83. The van der Waals surface area contributed by atoms with E-state index in [0.29, 0.717) is 44.1 Å². The van der Waals surface area contributed by atoms with E-state index in [0.717, 1.165) is 55.9 Å². The number of aromatic nitrogens is 4. The van der Waals surface area contributed by atoms with E-state index in [1.54, 1.807) is 12.4 Å². The van der Waals surface area contributed by atoms with Crippen LogP contribution in [-0.4, -0.2) is 70.0 Å². The number of rotatable bonds is 6. The normalized spacial score (nSPS) is 17.9. The molecule has 9 nitrogen and oxygen atoms in total. The topological polar surface area (TPSA) is 103 Å². The number of H-pyrrole nitrogens is 1. The van der Waals surface area contributed by atoms with Crippen LogP contribution in [0.25, 0.3) is 22.2 Å². The maximum absolute atomic E-state index is 10.00. The molecule has 0 amide bonds. The first-order valence-electron chi connectivity index (χ1n) is 13.2. The van der Waals surface area contributed by atoms with Crippen molar-refractivity contribution in [2.24, 2.45) is 0 Å². The van der Waals surface area contributed by atoms with Crippen molar-refractivity contribution < 1.29 is 9.47 Å². The summed E-state index contributed by atoms with van der Waals surface area (Å²) in [5, 5.41) is 19.4. The lowest BCUT2D eigenvalue weighted by Crippen LogP contribution is -2.70. The Morgan fingerprint density at radius 2 is 1.93 bits per heavy atom. The van der Waals surface area contributed by atoms with Crippen LogP contribution in [0.2, 0.25) is 10.0 Å². The molecule has 0 unspecified atom stereocenters. The number of nitriles is 1. The van der Waals surface area contributed by atoms with Crippen molar-refractivity contribution in [2.75, 3.05) is 44.3 Å². The zero-order valence-corrected chi connectivity index (χ0v) is 24.1. The van der Waals surface area contributed by atoms with Crippen molar-refractivity contribution >= 4 is 39.9 Å². The van der Waals surface area contributed by atoms with Gasteiger partial charge in [-0.25, -0.2) is 4.98 Å². The molecule has 0 saturated carbocycles. The van der Waals surface area contributed by atoms with E-state index in [2.05, 4.69) is 38.0 Å². The Morgan fingerprint density at radius 3 is 2.67 bits per heavy atom. The van der Waals surface area contributed by atoms with Gasteiger partial charge in [-0.05, 0) is 45.0 Å². The molecule has 1 N–H and O–H groups in total. The lowest BCUT2D eigenvalue weighted by Gasteiger charge is -2.55.